The number of rotatable bonds is 5. The molecule has 3 heterocycles. The maximum absolute atomic E-state index is 12.8. The van der Waals surface area contributed by atoms with Crippen molar-refractivity contribution < 1.29 is 23.8 Å². The van der Waals surface area contributed by atoms with Crippen LogP contribution in [0.3, 0.4) is 0 Å². The Kier molecular flexibility index (Phi) is 4.85. The molecule has 0 aliphatic carbocycles. The lowest BCUT2D eigenvalue weighted by molar-refractivity contribution is 0.0685. The van der Waals surface area contributed by atoms with Gasteiger partial charge in [0.1, 0.15) is 23.8 Å². The van der Waals surface area contributed by atoms with Crippen LogP contribution in [0.1, 0.15) is 56.9 Å². The van der Waals surface area contributed by atoms with Crippen molar-refractivity contribution in [2.24, 2.45) is 0 Å². The second-order valence-electron chi connectivity index (χ2n) is 6.03. The van der Waals surface area contributed by atoms with Crippen molar-refractivity contribution in [3.05, 3.63) is 52.7 Å². The van der Waals surface area contributed by atoms with Gasteiger partial charge in [0.25, 0.3) is 5.91 Å². The predicted octanol–water partition coefficient (Wildman–Crippen LogP) is 2.80. The zero-order valence-electron chi connectivity index (χ0n) is 14.2. The van der Waals surface area contributed by atoms with Gasteiger partial charge in [-0.1, -0.05) is 0 Å². The molecule has 25 heavy (non-hydrogen) atoms. The highest BCUT2D eigenvalue weighted by Gasteiger charge is 2.33. The average molecular weight is 344 g/mol. The summed E-state index contributed by atoms with van der Waals surface area (Å²) in [4.78, 5) is 29.9. The van der Waals surface area contributed by atoms with Crippen molar-refractivity contribution >= 4 is 11.9 Å². The number of pyridine rings is 1. The Bertz CT molecular complexity index is 799. The van der Waals surface area contributed by atoms with E-state index >= 15 is 0 Å². The maximum Gasteiger partial charge on any atom is 0.337 e. The van der Waals surface area contributed by atoms with E-state index in [1.54, 1.807) is 18.9 Å². The van der Waals surface area contributed by atoms with E-state index in [4.69, 9.17) is 14.3 Å². The van der Waals surface area contributed by atoms with Gasteiger partial charge in [0.05, 0.1) is 17.3 Å². The van der Waals surface area contributed by atoms with Crippen LogP contribution in [0.5, 0.6) is 0 Å². The van der Waals surface area contributed by atoms with Crippen LogP contribution in [0, 0.1) is 6.92 Å². The topological polar surface area (TPSA) is 92.9 Å². The van der Waals surface area contributed by atoms with Gasteiger partial charge in [-0.15, -0.1) is 0 Å². The molecule has 1 unspecified atom stereocenters. The number of carbonyl (C=O) groups is 2. The summed E-state index contributed by atoms with van der Waals surface area (Å²) >= 11 is 0. The molecule has 0 saturated carbocycles. The van der Waals surface area contributed by atoms with Crippen molar-refractivity contribution in [1.29, 1.82) is 0 Å². The first kappa shape index (κ1) is 17.2. The van der Waals surface area contributed by atoms with Crippen molar-refractivity contribution in [2.75, 3.05) is 13.7 Å². The standard InChI is InChI=1S/C18H20N2O5/c1-11-13(18(22)23)6-7-14(19-11)17(21)20-9-3-4-15(20)16-8-5-12(25-16)10-24-2/h5-8,15H,3-4,9-10H2,1-2H3,(H,22,23). The van der Waals surface area contributed by atoms with E-state index in [0.29, 0.717) is 18.8 Å². The molecule has 1 aliphatic heterocycles. The minimum atomic E-state index is -1.05. The largest absolute Gasteiger partial charge is 0.478 e. The van der Waals surface area contributed by atoms with Crippen LogP contribution >= 0.6 is 0 Å². The predicted molar refractivity (Wildman–Crippen MR) is 88.4 cm³/mol. The fraction of sp³-hybridized carbons (Fsp3) is 0.389. The molecular weight excluding hydrogens is 324 g/mol. The molecule has 0 spiro atoms. The number of aromatic carboxylic acids is 1. The normalized spacial score (nSPS) is 17.0. The molecule has 1 aliphatic rings. The number of carboxylic acids is 1. The molecule has 2 aromatic heterocycles. The van der Waals surface area contributed by atoms with Gasteiger partial charge in [0.2, 0.25) is 0 Å². The van der Waals surface area contributed by atoms with Crippen LogP contribution in [-0.2, 0) is 11.3 Å². The van der Waals surface area contributed by atoms with Crippen LogP contribution in [0.4, 0.5) is 0 Å². The van der Waals surface area contributed by atoms with E-state index in [1.807, 2.05) is 12.1 Å². The summed E-state index contributed by atoms with van der Waals surface area (Å²) in [6.45, 7) is 2.59. The van der Waals surface area contributed by atoms with Gasteiger partial charge in [0.15, 0.2) is 0 Å². The molecule has 2 aromatic rings. The summed E-state index contributed by atoms with van der Waals surface area (Å²) in [5.74, 6) is 0.185. The fourth-order valence-electron chi connectivity index (χ4n) is 3.15. The fourth-order valence-corrected chi connectivity index (χ4v) is 3.15. The first-order valence-electron chi connectivity index (χ1n) is 8.10. The summed E-state index contributed by atoms with van der Waals surface area (Å²) in [6, 6.07) is 6.47. The highest BCUT2D eigenvalue weighted by molar-refractivity contribution is 5.94. The number of carbonyl (C=O) groups excluding carboxylic acids is 1. The monoisotopic (exact) mass is 344 g/mol. The first-order valence-corrected chi connectivity index (χ1v) is 8.10. The smallest absolute Gasteiger partial charge is 0.337 e. The molecule has 0 aromatic carbocycles. The number of furan rings is 1. The van der Waals surface area contributed by atoms with Crippen molar-refractivity contribution in [2.45, 2.75) is 32.4 Å². The van der Waals surface area contributed by atoms with Crippen LogP contribution in [0.25, 0.3) is 0 Å². The molecular formula is C18H20N2O5. The maximum atomic E-state index is 12.8. The van der Waals surface area contributed by atoms with Gasteiger partial charge in [-0.3, -0.25) is 4.79 Å². The number of likely N-dealkylation sites (tertiary alicyclic amines) is 1. The molecule has 1 amide bonds. The first-order chi connectivity index (χ1) is 12.0. The highest BCUT2D eigenvalue weighted by Crippen LogP contribution is 2.34. The van der Waals surface area contributed by atoms with E-state index in [9.17, 15) is 9.59 Å². The van der Waals surface area contributed by atoms with Crippen molar-refractivity contribution in [1.82, 2.24) is 9.88 Å². The van der Waals surface area contributed by atoms with Crippen LogP contribution in [0.15, 0.2) is 28.7 Å². The number of carboxylic acid groups (broad SMARTS) is 1. The third kappa shape index (κ3) is 3.41. The van der Waals surface area contributed by atoms with Gasteiger partial charge in [-0.05, 0) is 44.0 Å². The summed E-state index contributed by atoms with van der Waals surface area (Å²) < 4.78 is 10.8. The molecule has 0 radical (unpaired) electrons. The Morgan fingerprint density at radius 3 is 2.84 bits per heavy atom. The molecule has 0 bridgehead atoms. The molecule has 7 nitrogen and oxygen atoms in total. The number of hydrogen-bond acceptors (Lipinski definition) is 5. The van der Waals surface area contributed by atoms with E-state index in [0.717, 1.165) is 24.4 Å². The number of nitrogens with zero attached hydrogens (tertiary/aromatic N) is 2. The lowest BCUT2D eigenvalue weighted by atomic mass is 10.1. The minimum Gasteiger partial charge on any atom is -0.478 e. The second kappa shape index (κ2) is 7.06. The van der Waals surface area contributed by atoms with Crippen molar-refractivity contribution in [3.63, 3.8) is 0 Å². The molecule has 132 valence electrons. The molecule has 1 N–H and O–H groups in total. The zero-order chi connectivity index (χ0) is 18.0. The van der Waals surface area contributed by atoms with Crippen LogP contribution < -0.4 is 0 Å². The van der Waals surface area contributed by atoms with E-state index in [1.165, 1.54) is 12.1 Å². The zero-order valence-corrected chi connectivity index (χ0v) is 14.2. The second-order valence-corrected chi connectivity index (χ2v) is 6.03. The SMILES string of the molecule is COCc1ccc(C2CCCN2C(=O)c2ccc(C(=O)O)c(C)n2)o1. The number of aromatic nitrogens is 1. The molecule has 1 fully saturated rings. The number of methoxy groups -OCH3 is 1. The lowest BCUT2D eigenvalue weighted by Crippen LogP contribution is -2.31. The van der Waals surface area contributed by atoms with Gasteiger partial charge < -0.3 is 19.2 Å². The van der Waals surface area contributed by atoms with Crippen LogP contribution in [-0.4, -0.2) is 40.5 Å². The highest BCUT2D eigenvalue weighted by atomic mass is 16.5. The number of ether oxygens (including phenoxy) is 1. The Balaban J connectivity index is 1.83. The quantitative estimate of drug-likeness (QED) is 0.896. The molecule has 1 atom stereocenters. The lowest BCUT2D eigenvalue weighted by Gasteiger charge is -2.23. The average Bonchev–Trinajstić information content (AvgIpc) is 3.22. The molecule has 1 saturated heterocycles. The van der Waals surface area contributed by atoms with Gasteiger partial charge in [-0.2, -0.15) is 0 Å². The minimum absolute atomic E-state index is 0.102. The van der Waals surface area contributed by atoms with E-state index < -0.39 is 5.97 Å². The summed E-state index contributed by atoms with van der Waals surface area (Å²) in [6.07, 6.45) is 1.70. The van der Waals surface area contributed by atoms with Crippen molar-refractivity contribution in [3.8, 4) is 0 Å². The third-order valence-electron chi connectivity index (χ3n) is 4.35. The van der Waals surface area contributed by atoms with Gasteiger partial charge >= 0.3 is 5.97 Å². The van der Waals surface area contributed by atoms with Crippen LogP contribution in [0.2, 0.25) is 0 Å². The van der Waals surface area contributed by atoms with E-state index in [-0.39, 0.29) is 23.2 Å². The number of hydrogen-bond donors (Lipinski definition) is 1. The Morgan fingerprint density at radius 2 is 2.16 bits per heavy atom. The number of amides is 1. The summed E-state index contributed by atoms with van der Waals surface area (Å²) in [5, 5.41) is 9.09. The van der Waals surface area contributed by atoms with Gasteiger partial charge in [-0.25, -0.2) is 9.78 Å². The summed E-state index contributed by atoms with van der Waals surface area (Å²) in [7, 11) is 1.60. The van der Waals surface area contributed by atoms with E-state index in [2.05, 4.69) is 4.98 Å². The Labute approximate surface area is 145 Å². The van der Waals surface area contributed by atoms with Gasteiger partial charge in [0, 0.05) is 13.7 Å². The Hall–Kier alpha value is -2.67. The third-order valence-corrected chi connectivity index (χ3v) is 4.35. The molecule has 7 heteroatoms. The number of aryl methyl sites for hydroxylation is 1. The Morgan fingerprint density at radius 1 is 1.36 bits per heavy atom. The molecule has 3 rings (SSSR count). The summed E-state index contributed by atoms with van der Waals surface area (Å²) in [5.41, 5.74) is 0.678.